The molecule has 1 unspecified atom stereocenters. The molecule has 0 bridgehead atoms. The first kappa shape index (κ1) is 15.5. The van der Waals surface area contributed by atoms with Crippen molar-refractivity contribution in [2.45, 2.75) is 58.1 Å². The SMILES string of the molecule is Cc1cc(/C(CCC2CC2)=N/[S+]([O-])C(C)(C)C)ccn1. The molecule has 0 saturated heterocycles. The van der Waals surface area contributed by atoms with Gasteiger partial charge < -0.3 is 4.55 Å². The normalized spacial score (nSPS) is 18.1. The van der Waals surface area contributed by atoms with Gasteiger partial charge in [0.15, 0.2) is 0 Å². The number of aromatic nitrogens is 1. The van der Waals surface area contributed by atoms with Crippen LogP contribution >= 0.6 is 0 Å². The molecular weight excluding hydrogens is 268 g/mol. The number of nitrogens with zero attached hydrogens (tertiary/aromatic N) is 2. The molecule has 20 heavy (non-hydrogen) atoms. The first-order chi connectivity index (χ1) is 9.36. The number of pyridine rings is 1. The minimum absolute atomic E-state index is 0.313. The van der Waals surface area contributed by atoms with Crippen molar-refractivity contribution < 1.29 is 4.55 Å². The second-order valence-electron chi connectivity index (χ2n) is 6.57. The van der Waals surface area contributed by atoms with Gasteiger partial charge in [0.05, 0.1) is 5.71 Å². The summed E-state index contributed by atoms with van der Waals surface area (Å²) in [4.78, 5) is 4.23. The van der Waals surface area contributed by atoms with E-state index in [1.807, 2.05) is 39.8 Å². The summed E-state index contributed by atoms with van der Waals surface area (Å²) in [5, 5.41) is 0. The third-order valence-electron chi connectivity index (χ3n) is 3.43. The van der Waals surface area contributed by atoms with E-state index in [4.69, 9.17) is 0 Å². The zero-order valence-corrected chi connectivity index (χ0v) is 13.7. The summed E-state index contributed by atoms with van der Waals surface area (Å²) in [6.45, 7) is 7.86. The van der Waals surface area contributed by atoms with Gasteiger partial charge >= 0.3 is 0 Å². The van der Waals surface area contributed by atoms with Crippen LogP contribution in [0.2, 0.25) is 0 Å². The predicted octanol–water partition coefficient (Wildman–Crippen LogP) is 3.83. The van der Waals surface area contributed by atoms with E-state index in [1.165, 1.54) is 12.8 Å². The Bertz CT molecular complexity index is 489. The van der Waals surface area contributed by atoms with Crippen LogP contribution in [0.5, 0.6) is 0 Å². The van der Waals surface area contributed by atoms with Crippen molar-refractivity contribution in [1.29, 1.82) is 0 Å². The number of hydrogen-bond donors (Lipinski definition) is 0. The smallest absolute Gasteiger partial charge is 0.144 e. The van der Waals surface area contributed by atoms with Crippen molar-refractivity contribution in [3.8, 4) is 0 Å². The van der Waals surface area contributed by atoms with Gasteiger partial charge in [0.25, 0.3) is 0 Å². The molecule has 0 radical (unpaired) electrons. The summed E-state index contributed by atoms with van der Waals surface area (Å²) in [7, 11) is 0. The van der Waals surface area contributed by atoms with E-state index in [9.17, 15) is 4.55 Å². The molecular formula is C16H24N2OS. The van der Waals surface area contributed by atoms with Crippen LogP contribution in [0.4, 0.5) is 0 Å². The zero-order chi connectivity index (χ0) is 14.8. The lowest BCUT2D eigenvalue weighted by molar-refractivity contribution is 0.561. The highest BCUT2D eigenvalue weighted by molar-refractivity contribution is 7.91. The van der Waals surface area contributed by atoms with E-state index in [1.54, 1.807) is 6.20 Å². The Kier molecular flexibility index (Phi) is 4.86. The van der Waals surface area contributed by atoms with Crippen LogP contribution in [-0.4, -0.2) is 20.0 Å². The van der Waals surface area contributed by atoms with Crippen molar-refractivity contribution in [2.24, 2.45) is 10.3 Å². The summed E-state index contributed by atoms with van der Waals surface area (Å²) < 4.78 is 16.5. The molecule has 3 nitrogen and oxygen atoms in total. The molecule has 1 fully saturated rings. The molecule has 1 aliphatic carbocycles. The number of rotatable bonds is 5. The van der Waals surface area contributed by atoms with E-state index in [0.29, 0.717) is 0 Å². The van der Waals surface area contributed by atoms with Gasteiger partial charge in [-0.1, -0.05) is 17.2 Å². The van der Waals surface area contributed by atoms with Crippen LogP contribution in [0.15, 0.2) is 22.7 Å². The third-order valence-corrected chi connectivity index (χ3v) is 4.87. The Hall–Kier alpha value is -0.870. The molecule has 110 valence electrons. The molecule has 1 aromatic rings. The van der Waals surface area contributed by atoms with Gasteiger partial charge in [-0.05, 0) is 58.6 Å². The zero-order valence-electron chi connectivity index (χ0n) is 12.8. The Morgan fingerprint density at radius 3 is 2.70 bits per heavy atom. The highest BCUT2D eigenvalue weighted by Gasteiger charge is 2.28. The van der Waals surface area contributed by atoms with Crippen LogP contribution in [-0.2, 0) is 11.4 Å². The van der Waals surface area contributed by atoms with Crippen molar-refractivity contribution in [3.63, 3.8) is 0 Å². The fourth-order valence-electron chi connectivity index (χ4n) is 1.95. The molecule has 4 heteroatoms. The van der Waals surface area contributed by atoms with Gasteiger partial charge in [0.1, 0.15) is 16.1 Å². The van der Waals surface area contributed by atoms with Crippen molar-refractivity contribution in [1.82, 2.24) is 4.98 Å². The maximum atomic E-state index is 12.3. The quantitative estimate of drug-likeness (QED) is 0.611. The van der Waals surface area contributed by atoms with E-state index >= 15 is 0 Å². The molecule has 1 saturated carbocycles. The maximum Gasteiger partial charge on any atom is 0.144 e. The summed E-state index contributed by atoms with van der Waals surface area (Å²) >= 11 is -1.20. The molecule has 1 aromatic heterocycles. The Morgan fingerprint density at radius 1 is 1.45 bits per heavy atom. The topological polar surface area (TPSA) is 48.3 Å². The standard InChI is InChI=1S/C16H24N2OS/c1-12-11-14(9-10-17-12)15(8-7-13-5-6-13)18-20(19)16(2,3)4/h9-11,13H,5-8H2,1-4H3/b18-15+. The van der Waals surface area contributed by atoms with E-state index in [0.717, 1.165) is 35.7 Å². The van der Waals surface area contributed by atoms with Crippen molar-refractivity contribution in [2.75, 3.05) is 0 Å². The van der Waals surface area contributed by atoms with E-state index < -0.39 is 11.4 Å². The predicted molar refractivity (Wildman–Crippen MR) is 85.4 cm³/mol. The van der Waals surface area contributed by atoms with Gasteiger partial charge in [-0.25, -0.2) is 0 Å². The highest BCUT2D eigenvalue weighted by atomic mass is 32.2. The average molecular weight is 292 g/mol. The maximum absolute atomic E-state index is 12.3. The van der Waals surface area contributed by atoms with Gasteiger partial charge in [0.2, 0.25) is 0 Å². The summed E-state index contributed by atoms with van der Waals surface area (Å²) in [5.41, 5.74) is 3.01. The lowest BCUT2D eigenvalue weighted by Gasteiger charge is -2.19. The average Bonchev–Trinajstić information content (AvgIpc) is 3.16. The lowest BCUT2D eigenvalue weighted by atomic mass is 10.0. The highest BCUT2D eigenvalue weighted by Crippen LogP contribution is 2.34. The van der Waals surface area contributed by atoms with Crippen LogP contribution in [0.3, 0.4) is 0 Å². The molecule has 1 aliphatic rings. The largest absolute Gasteiger partial charge is 0.591 e. The fourth-order valence-corrected chi connectivity index (χ4v) is 2.62. The van der Waals surface area contributed by atoms with Crippen LogP contribution < -0.4 is 0 Å². The van der Waals surface area contributed by atoms with E-state index in [2.05, 4.69) is 9.38 Å². The van der Waals surface area contributed by atoms with Gasteiger partial charge in [-0.15, -0.1) is 0 Å². The second-order valence-corrected chi connectivity index (χ2v) is 8.47. The minimum Gasteiger partial charge on any atom is -0.591 e. The molecule has 0 N–H and O–H groups in total. The third kappa shape index (κ3) is 4.60. The van der Waals surface area contributed by atoms with Gasteiger partial charge in [-0.3, -0.25) is 4.98 Å². The summed E-state index contributed by atoms with van der Waals surface area (Å²) in [6, 6.07) is 4.00. The summed E-state index contributed by atoms with van der Waals surface area (Å²) in [5.74, 6) is 0.853. The van der Waals surface area contributed by atoms with Crippen LogP contribution in [0.1, 0.15) is 57.7 Å². The Labute approximate surface area is 125 Å². The number of aryl methyl sites for hydroxylation is 1. The lowest BCUT2D eigenvalue weighted by Crippen LogP contribution is -2.27. The van der Waals surface area contributed by atoms with Gasteiger partial charge in [0, 0.05) is 17.5 Å². The molecule has 0 aliphatic heterocycles. The summed E-state index contributed by atoms with van der Waals surface area (Å²) in [6.07, 6.45) is 6.55. The molecule has 0 amide bonds. The Morgan fingerprint density at radius 2 is 2.15 bits per heavy atom. The molecule has 0 aromatic carbocycles. The molecule has 1 atom stereocenters. The minimum atomic E-state index is -1.20. The molecule has 0 spiro atoms. The van der Waals surface area contributed by atoms with Gasteiger partial charge in [-0.2, -0.15) is 0 Å². The number of hydrogen-bond acceptors (Lipinski definition) is 3. The molecule has 2 rings (SSSR count). The van der Waals surface area contributed by atoms with E-state index in [-0.39, 0.29) is 4.75 Å². The van der Waals surface area contributed by atoms with Crippen LogP contribution in [0, 0.1) is 12.8 Å². The Balaban J connectivity index is 2.20. The first-order valence-electron chi connectivity index (χ1n) is 7.29. The second kappa shape index (κ2) is 6.27. The monoisotopic (exact) mass is 292 g/mol. The van der Waals surface area contributed by atoms with Crippen LogP contribution in [0.25, 0.3) is 0 Å². The van der Waals surface area contributed by atoms with Crippen molar-refractivity contribution >= 4 is 17.1 Å². The van der Waals surface area contributed by atoms with Crippen molar-refractivity contribution in [3.05, 3.63) is 29.6 Å². The first-order valence-corrected chi connectivity index (χ1v) is 8.39. The fraction of sp³-hybridized carbons (Fsp3) is 0.625. The molecule has 1 heterocycles.